The molecule has 0 spiro atoms. The Labute approximate surface area is 296 Å². The molecule has 12 nitrogen and oxygen atoms in total. The molecule has 3 heterocycles. The van der Waals surface area contributed by atoms with Crippen molar-refractivity contribution in [1.29, 1.82) is 0 Å². The summed E-state index contributed by atoms with van der Waals surface area (Å²) >= 11 is 0. The van der Waals surface area contributed by atoms with E-state index in [1.807, 2.05) is 44.2 Å². The Kier molecular flexibility index (Phi) is 14.9. The predicted octanol–water partition coefficient (Wildman–Crippen LogP) is 3.72. The van der Waals surface area contributed by atoms with Crippen LogP contribution >= 0.6 is 0 Å². The molecule has 0 aromatic carbocycles. The summed E-state index contributed by atoms with van der Waals surface area (Å²) in [5.74, 6) is -8.35. The van der Waals surface area contributed by atoms with Crippen LogP contribution in [0.1, 0.15) is 86.5 Å². The van der Waals surface area contributed by atoms with E-state index in [9.17, 15) is 34.5 Å². The average Bonchev–Trinajstić information content (AvgIpc) is 3.07. The molecule has 1 amide bonds. The Hall–Kier alpha value is -3.00. The van der Waals surface area contributed by atoms with Crippen molar-refractivity contribution < 1.29 is 53.4 Å². The number of rotatable bonds is 16. The first-order valence-corrected chi connectivity index (χ1v) is 17.6. The molecule has 3 fully saturated rings. The Bertz CT molecular complexity index is 1350. The minimum atomic E-state index is -2.85. The quantitative estimate of drug-likeness (QED) is 0.122. The third kappa shape index (κ3) is 9.45. The van der Waals surface area contributed by atoms with Gasteiger partial charge in [0.25, 0.3) is 0 Å². The van der Waals surface area contributed by atoms with Gasteiger partial charge in [0.15, 0.2) is 11.6 Å². The van der Waals surface area contributed by atoms with E-state index in [0.29, 0.717) is 50.6 Å². The summed E-state index contributed by atoms with van der Waals surface area (Å²) in [6, 6.07) is -0.764. The van der Waals surface area contributed by atoms with Crippen LogP contribution in [-0.2, 0) is 38.1 Å². The van der Waals surface area contributed by atoms with Crippen LogP contribution < -0.4 is 0 Å². The van der Waals surface area contributed by atoms with Crippen molar-refractivity contribution >= 4 is 23.4 Å². The van der Waals surface area contributed by atoms with Gasteiger partial charge >= 0.3 is 17.7 Å². The summed E-state index contributed by atoms with van der Waals surface area (Å²) in [5, 5.41) is 33.8. The van der Waals surface area contributed by atoms with Gasteiger partial charge in [-0.05, 0) is 82.4 Å². The third-order valence-corrected chi connectivity index (χ3v) is 10.2. The molecule has 0 aromatic heterocycles. The van der Waals surface area contributed by atoms with E-state index in [-0.39, 0.29) is 23.4 Å². The maximum Gasteiger partial charge on any atom is 0.346 e. The molecule has 3 aliphatic rings. The van der Waals surface area contributed by atoms with Gasteiger partial charge in [-0.25, -0.2) is 4.79 Å². The number of fused-ring (bicyclic) bond motifs is 1. The molecule has 50 heavy (non-hydrogen) atoms. The summed E-state index contributed by atoms with van der Waals surface area (Å²) in [6.45, 7) is 10.6. The minimum absolute atomic E-state index is 0.0504. The number of ether oxygens (including phenoxy) is 4. The van der Waals surface area contributed by atoms with Crippen LogP contribution in [0.4, 0.5) is 0 Å². The average molecular weight is 704 g/mol. The van der Waals surface area contributed by atoms with Crippen molar-refractivity contribution in [3.05, 3.63) is 47.6 Å². The molecular weight excluding hydrogens is 646 g/mol. The van der Waals surface area contributed by atoms with Crippen LogP contribution in [0, 0.1) is 17.8 Å². The molecule has 0 radical (unpaired) electrons. The number of aliphatic hydroxyl groups excluding tert-OH is 1. The van der Waals surface area contributed by atoms with Gasteiger partial charge in [0, 0.05) is 39.0 Å². The fourth-order valence-electron chi connectivity index (χ4n) is 7.16. The van der Waals surface area contributed by atoms with Gasteiger partial charge in [-0.2, -0.15) is 0 Å². The highest BCUT2D eigenvalue weighted by Gasteiger charge is 2.69. The van der Waals surface area contributed by atoms with Crippen LogP contribution in [0.15, 0.2) is 47.6 Å². The van der Waals surface area contributed by atoms with E-state index in [2.05, 4.69) is 0 Å². The van der Waals surface area contributed by atoms with Crippen molar-refractivity contribution in [2.45, 2.75) is 129 Å². The standard InChI is InChI=1S/C38H57NO11/c1-23(20-25(3)32(41)34(48-8)33(42)26(4)21-28(6)40)14-10-9-11-15-24(2)31(47-7)22-29-18-17-27(5)37(45,49-29)38(46)36(44)39-19-13-12-16-30(39)35(43)50-38/h9-11,14-15,21,23,25,27,29-31,33-34,42,45-46H,12-13,16-20,22H2,1-8H3/b11-9+,14-10+,24-15+,26-21+/t23-,25-,27-,29+,30?,31+,33-,34+,37-,38?/m1/s1. The van der Waals surface area contributed by atoms with E-state index in [4.69, 9.17) is 18.9 Å². The molecule has 12 heteroatoms. The summed E-state index contributed by atoms with van der Waals surface area (Å²) < 4.78 is 22.4. The molecule has 0 aromatic rings. The first-order valence-electron chi connectivity index (χ1n) is 17.6. The number of morpholine rings is 1. The van der Waals surface area contributed by atoms with E-state index in [1.165, 1.54) is 25.0 Å². The van der Waals surface area contributed by atoms with Crippen LogP contribution in [-0.4, -0.2) is 106 Å². The number of ketones is 2. The highest BCUT2D eigenvalue weighted by atomic mass is 16.7. The lowest BCUT2D eigenvalue weighted by Gasteiger charge is -2.53. The number of esters is 1. The Morgan fingerprint density at radius 1 is 1.00 bits per heavy atom. The van der Waals surface area contributed by atoms with Crippen molar-refractivity contribution in [1.82, 2.24) is 4.90 Å². The predicted molar refractivity (Wildman–Crippen MR) is 185 cm³/mol. The fraction of sp³-hybridized carbons (Fsp3) is 0.684. The molecule has 0 aliphatic carbocycles. The van der Waals surface area contributed by atoms with E-state index in [0.717, 1.165) is 12.0 Å². The molecular formula is C38H57NO11. The number of piperidine rings is 1. The number of hydrogen-bond donors (Lipinski definition) is 3. The number of methoxy groups -OCH3 is 2. The zero-order chi connectivity index (χ0) is 37.4. The van der Waals surface area contributed by atoms with E-state index in [1.54, 1.807) is 27.9 Å². The highest BCUT2D eigenvalue weighted by Crippen LogP contribution is 2.45. The summed E-state index contributed by atoms with van der Waals surface area (Å²) in [7, 11) is 2.93. The molecule has 0 saturated carbocycles. The topological polar surface area (TPSA) is 169 Å². The number of aliphatic hydroxyl groups is 3. The summed E-state index contributed by atoms with van der Waals surface area (Å²) in [6.07, 6.45) is 11.3. The monoisotopic (exact) mass is 703 g/mol. The van der Waals surface area contributed by atoms with Gasteiger partial charge < -0.3 is 39.2 Å². The molecule has 10 atom stereocenters. The largest absolute Gasteiger partial charge is 0.417 e. The Balaban J connectivity index is 1.59. The molecule has 0 bridgehead atoms. The van der Waals surface area contributed by atoms with Gasteiger partial charge in [-0.15, -0.1) is 0 Å². The molecule has 3 N–H and O–H groups in total. The van der Waals surface area contributed by atoms with Gasteiger partial charge in [0.05, 0.1) is 12.2 Å². The van der Waals surface area contributed by atoms with Crippen LogP contribution in [0.2, 0.25) is 0 Å². The fourth-order valence-corrected chi connectivity index (χ4v) is 7.16. The van der Waals surface area contributed by atoms with E-state index >= 15 is 0 Å². The van der Waals surface area contributed by atoms with E-state index < -0.39 is 59.8 Å². The normalized spacial score (nSPS) is 31.3. The lowest BCUT2D eigenvalue weighted by molar-refractivity contribution is -0.403. The van der Waals surface area contributed by atoms with Crippen molar-refractivity contribution in [2.24, 2.45) is 17.8 Å². The third-order valence-electron chi connectivity index (χ3n) is 10.2. The first kappa shape index (κ1) is 41.4. The summed E-state index contributed by atoms with van der Waals surface area (Å²) in [4.78, 5) is 52.0. The molecule has 2 unspecified atom stereocenters. The van der Waals surface area contributed by atoms with Crippen LogP contribution in [0.3, 0.4) is 0 Å². The molecule has 3 rings (SSSR count). The number of Topliss-reactive ketones (excluding diaryl/α,β-unsaturated/α-hetero) is 1. The number of amides is 1. The lowest BCUT2D eigenvalue weighted by atomic mass is 9.81. The van der Waals surface area contributed by atoms with Crippen molar-refractivity contribution in [2.75, 3.05) is 20.8 Å². The highest BCUT2D eigenvalue weighted by molar-refractivity contribution is 5.95. The minimum Gasteiger partial charge on any atom is -0.417 e. The number of nitrogens with zero attached hydrogens (tertiary/aromatic N) is 1. The van der Waals surface area contributed by atoms with Gasteiger partial charge in [0.1, 0.15) is 18.2 Å². The number of hydrogen-bond acceptors (Lipinski definition) is 11. The smallest absolute Gasteiger partial charge is 0.346 e. The van der Waals surface area contributed by atoms with Gasteiger partial charge in [-0.1, -0.05) is 51.2 Å². The first-order chi connectivity index (χ1) is 23.5. The van der Waals surface area contributed by atoms with Crippen LogP contribution in [0.25, 0.3) is 0 Å². The van der Waals surface area contributed by atoms with Crippen molar-refractivity contribution in [3.63, 3.8) is 0 Å². The number of cyclic esters (lactones) is 1. The number of carbonyl (C=O) groups excluding carboxylic acids is 4. The second-order valence-electron chi connectivity index (χ2n) is 14.2. The zero-order valence-electron chi connectivity index (χ0n) is 30.8. The Morgan fingerprint density at radius 2 is 1.70 bits per heavy atom. The summed E-state index contributed by atoms with van der Waals surface area (Å²) in [5.41, 5.74) is 1.25. The SMILES string of the molecule is CO[C@@H](C[C@@H]1CC[C@@H](C)[C@](O)(C2(O)OC(=O)C3CCCCN3C2=O)O1)/C(C)=C/C=C/C=C/[C@@H](C)C[C@@H](C)C(=O)[C@H](OC)[C@H](O)/C(C)=C/C(C)=O. The number of carbonyl (C=O) groups is 4. The Morgan fingerprint density at radius 3 is 2.34 bits per heavy atom. The van der Waals surface area contributed by atoms with Crippen LogP contribution in [0.5, 0.6) is 0 Å². The second-order valence-corrected chi connectivity index (χ2v) is 14.2. The molecule has 280 valence electrons. The van der Waals surface area contributed by atoms with Crippen molar-refractivity contribution in [3.8, 4) is 0 Å². The molecule has 3 saturated heterocycles. The second kappa shape index (κ2) is 18.0. The maximum atomic E-state index is 13.5. The zero-order valence-corrected chi connectivity index (χ0v) is 30.8. The maximum absolute atomic E-state index is 13.5. The lowest BCUT2D eigenvalue weighted by Crippen LogP contribution is -2.75. The number of allylic oxidation sites excluding steroid dienone is 6. The van der Waals surface area contributed by atoms with Gasteiger partial charge in [0.2, 0.25) is 5.79 Å². The molecule has 3 aliphatic heterocycles. The van der Waals surface area contributed by atoms with Gasteiger partial charge in [-0.3, -0.25) is 14.4 Å².